The van der Waals surface area contributed by atoms with E-state index < -0.39 is 46.3 Å². The molecule has 2 aromatic rings. The van der Waals surface area contributed by atoms with Crippen molar-refractivity contribution in [1.29, 1.82) is 0 Å². The summed E-state index contributed by atoms with van der Waals surface area (Å²) in [6, 6.07) is 9.73. The van der Waals surface area contributed by atoms with Crippen molar-refractivity contribution < 1.29 is 44.0 Å². The van der Waals surface area contributed by atoms with Crippen molar-refractivity contribution >= 4 is 32.1 Å². The van der Waals surface area contributed by atoms with E-state index >= 15 is 0 Å². The highest BCUT2D eigenvalue weighted by molar-refractivity contribution is 7.89. The van der Waals surface area contributed by atoms with E-state index in [2.05, 4.69) is 10.5 Å². The molecule has 0 atom stereocenters. The predicted octanol–water partition coefficient (Wildman–Crippen LogP) is 0.408. The Hall–Kier alpha value is -3.60. The lowest BCUT2D eigenvalue weighted by Crippen LogP contribution is -2.63. The Bertz CT molecular complexity index is 1450. The molecule has 14 nitrogen and oxygen atoms in total. The summed E-state index contributed by atoms with van der Waals surface area (Å²) in [6.07, 6.45) is 0.436. The number of piperazine rings is 1. The molecule has 1 fully saturated rings. The monoisotopic (exact) mass is 614 g/mol. The minimum absolute atomic E-state index is 0.0476. The summed E-state index contributed by atoms with van der Waals surface area (Å²) in [5, 5.41) is 6.48. The number of ether oxygens (including phenoxy) is 2. The van der Waals surface area contributed by atoms with Crippen LogP contribution in [0.25, 0.3) is 0 Å². The number of quaternary nitrogens is 1. The van der Waals surface area contributed by atoms with Gasteiger partial charge < -0.3 is 35.3 Å². The lowest BCUT2D eigenvalue weighted by Gasteiger charge is -2.39. The van der Waals surface area contributed by atoms with Crippen molar-refractivity contribution in [3.8, 4) is 11.5 Å². The van der Waals surface area contributed by atoms with E-state index in [-0.39, 0.29) is 44.6 Å². The molecular weight excluding hydrogens is 578 g/mol. The topological polar surface area (TPSA) is 199 Å². The van der Waals surface area contributed by atoms with Crippen LogP contribution in [0.2, 0.25) is 0 Å². The Morgan fingerprint density at radius 3 is 2.32 bits per heavy atom. The molecule has 1 heterocycles. The van der Waals surface area contributed by atoms with Crippen LogP contribution in [0.1, 0.15) is 18.9 Å². The fourth-order valence-corrected chi connectivity index (χ4v) is 7.81. The predicted molar refractivity (Wildman–Crippen MR) is 149 cm³/mol. The van der Waals surface area contributed by atoms with Crippen LogP contribution in [0.4, 0.5) is 0 Å². The third kappa shape index (κ3) is 8.22. The van der Waals surface area contributed by atoms with Crippen LogP contribution in [-0.4, -0.2) is 85.2 Å². The van der Waals surface area contributed by atoms with Crippen molar-refractivity contribution in [3.63, 3.8) is 0 Å². The maximum atomic E-state index is 14.1. The van der Waals surface area contributed by atoms with Crippen molar-refractivity contribution in [2.24, 2.45) is 16.6 Å². The van der Waals surface area contributed by atoms with Crippen LogP contribution >= 0.6 is 0 Å². The molecule has 5 N–H and O–H groups in total. The van der Waals surface area contributed by atoms with E-state index in [1.165, 1.54) is 30.3 Å². The lowest BCUT2D eigenvalue weighted by molar-refractivity contribution is -0.801. The zero-order valence-electron chi connectivity index (χ0n) is 22.9. The van der Waals surface area contributed by atoms with Gasteiger partial charge in [0, 0.05) is 25.6 Å². The smallest absolute Gasteiger partial charge is 0.362 e. The minimum atomic E-state index is -4.64. The molecular formula is C25H36N5O9S2+. The maximum absolute atomic E-state index is 14.1. The van der Waals surface area contributed by atoms with Gasteiger partial charge >= 0.3 is 26.1 Å². The third-order valence-electron chi connectivity index (χ3n) is 6.07. The van der Waals surface area contributed by atoms with Gasteiger partial charge in [-0.1, -0.05) is 12.1 Å². The molecule has 3 rings (SSSR count). The Labute approximate surface area is 239 Å². The number of aryl methyl sites for hydroxylation is 1. The van der Waals surface area contributed by atoms with Gasteiger partial charge in [0.2, 0.25) is 5.96 Å². The Balaban J connectivity index is 1.88. The van der Waals surface area contributed by atoms with Crippen molar-refractivity contribution in [1.82, 2.24) is 5.32 Å². The van der Waals surface area contributed by atoms with Crippen LogP contribution in [-0.2, 0) is 34.5 Å². The van der Waals surface area contributed by atoms with E-state index in [0.29, 0.717) is 30.8 Å². The molecule has 1 saturated heterocycles. The Kier molecular flexibility index (Phi) is 10.8. The number of carbonyl (C=O) groups excluding carboxylic acids is 1. The zero-order valence-corrected chi connectivity index (χ0v) is 24.6. The van der Waals surface area contributed by atoms with E-state index in [1.807, 2.05) is 0 Å². The number of nitrogens with one attached hydrogen (secondary N) is 1. The summed E-state index contributed by atoms with van der Waals surface area (Å²) >= 11 is 0. The number of nitrogens with zero attached hydrogens (tertiary/aromatic N) is 2. The normalized spacial score (nSPS) is 15.0. The molecule has 226 valence electrons. The number of guanidine groups is 1. The highest BCUT2D eigenvalue weighted by Crippen LogP contribution is 2.32. The zero-order chi connectivity index (χ0) is 30.1. The summed E-state index contributed by atoms with van der Waals surface area (Å²) < 4.78 is 70.6. The minimum Gasteiger partial charge on any atom is -0.493 e. The number of oxime groups is 1. The number of esters is 1. The average molecular weight is 615 g/mol. The highest BCUT2D eigenvalue weighted by Gasteiger charge is 2.48. The van der Waals surface area contributed by atoms with Gasteiger partial charge in [-0.15, -0.1) is 0 Å². The quantitative estimate of drug-likeness (QED) is 0.0504. The first kappa shape index (κ1) is 31.9. The van der Waals surface area contributed by atoms with Gasteiger partial charge in [-0.25, -0.2) is 8.68 Å². The molecule has 0 amide bonds. The molecule has 0 bridgehead atoms. The van der Waals surface area contributed by atoms with Crippen molar-refractivity contribution in [2.75, 3.05) is 52.5 Å². The molecule has 0 spiro atoms. The maximum Gasteiger partial charge on any atom is 0.362 e. The Morgan fingerprint density at radius 1 is 1.00 bits per heavy atom. The fraction of sp³-hybridized carbons (Fsp3) is 0.440. The van der Waals surface area contributed by atoms with Gasteiger partial charge in [0.1, 0.15) is 41.0 Å². The largest absolute Gasteiger partial charge is 0.493 e. The second-order valence-electron chi connectivity index (χ2n) is 9.21. The molecule has 1 aliphatic rings. The number of hydrogen-bond acceptors (Lipinski definition) is 11. The van der Waals surface area contributed by atoms with Gasteiger partial charge in [0.15, 0.2) is 6.54 Å². The van der Waals surface area contributed by atoms with Gasteiger partial charge in [-0.3, -0.25) is 0 Å². The third-order valence-corrected chi connectivity index (χ3v) is 9.93. The fourth-order valence-electron chi connectivity index (χ4n) is 4.26. The number of hydrogen-bond donors (Lipinski definition) is 3. The van der Waals surface area contributed by atoms with Gasteiger partial charge in [0.25, 0.3) is 0 Å². The van der Waals surface area contributed by atoms with Crippen molar-refractivity contribution in [2.45, 2.75) is 30.1 Å². The summed E-state index contributed by atoms with van der Waals surface area (Å²) in [7, 11) is -9.05. The number of carbonyl (C=O) groups is 1. The SMILES string of the molecule is CCOC(=O)C[N+]1(S(=O)(=O)c2ccccc2S(=O)(=O)Oc2cc(C)cc(OCCCON=C(N)N)c2)CCNCC1. The van der Waals surface area contributed by atoms with E-state index in [1.54, 1.807) is 19.9 Å². The molecule has 0 unspecified atom stereocenters. The van der Waals surface area contributed by atoms with Gasteiger partial charge in [0.05, 0.1) is 13.2 Å². The van der Waals surface area contributed by atoms with Gasteiger partial charge in [-0.2, -0.15) is 16.8 Å². The summed E-state index contributed by atoms with van der Waals surface area (Å²) in [5.74, 6) is -0.630. The van der Waals surface area contributed by atoms with Crippen LogP contribution < -0.4 is 25.7 Å². The van der Waals surface area contributed by atoms with Crippen LogP contribution in [0.3, 0.4) is 0 Å². The second-order valence-corrected chi connectivity index (χ2v) is 12.9. The molecule has 2 aromatic carbocycles. The number of rotatable bonds is 14. The van der Waals surface area contributed by atoms with E-state index in [9.17, 15) is 21.6 Å². The first-order valence-corrected chi connectivity index (χ1v) is 15.7. The molecule has 0 radical (unpaired) electrons. The molecule has 0 aliphatic carbocycles. The van der Waals surface area contributed by atoms with Crippen LogP contribution in [0, 0.1) is 6.92 Å². The second kappa shape index (κ2) is 13.8. The van der Waals surface area contributed by atoms with Crippen LogP contribution in [0.15, 0.2) is 57.4 Å². The summed E-state index contributed by atoms with van der Waals surface area (Å²) in [5.41, 5.74) is 11.0. The Morgan fingerprint density at radius 2 is 1.66 bits per heavy atom. The van der Waals surface area contributed by atoms with Crippen LogP contribution in [0.5, 0.6) is 11.5 Å². The number of benzene rings is 2. The van der Waals surface area contributed by atoms with Gasteiger partial charge in [-0.05, 0) is 48.8 Å². The molecule has 1 aliphatic heterocycles. The standard InChI is InChI=1S/C25H36N5O9S2/c1-3-36-24(31)18-30(11-9-28-10-12-30)40(32,33)22-7-4-5-8-23(22)41(34,35)39-21-16-19(2)15-20(17-21)37-13-6-14-38-29-25(26)27/h4-5,7-8,15-17,28H,3,6,9-14,18H2,1-2H3,(H4,26,27,29)/q+1. The highest BCUT2D eigenvalue weighted by atomic mass is 32.2. The molecule has 41 heavy (non-hydrogen) atoms. The first-order valence-electron chi connectivity index (χ1n) is 12.9. The average Bonchev–Trinajstić information content (AvgIpc) is 2.90. The number of nitrogens with two attached hydrogens (primary N) is 2. The lowest BCUT2D eigenvalue weighted by atomic mass is 10.2. The van der Waals surface area contributed by atoms with Crippen molar-refractivity contribution in [3.05, 3.63) is 48.0 Å². The van der Waals surface area contributed by atoms with E-state index in [0.717, 1.165) is 6.07 Å². The number of sulfonamides is 1. The molecule has 16 heteroatoms. The summed E-state index contributed by atoms with van der Waals surface area (Å²) in [6.45, 7) is 4.11. The first-order chi connectivity index (χ1) is 19.4. The molecule has 0 aromatic heterocycles. The molecule has 0 saturated carbocycles. The summed E-state index contributed by atoms with van der Waals surface area (Å²) in [4.78, 5) is 16.3. The van der Waals surface area contributed by atoms with E-state index in [4.69, 9.17) is 30.0 Å².